The molecule has 0 saturated heterocycles. The van der Waals surface area contributed by atoms with Crippen LogP contribution in [0, 0.1) is 0 Å². The summed E-state index contributed by atoms with van der Waals surface area (Å²) in [7, 11) is -1.82. The Labute approximate surface area is 195 Å². The maximum atomic E-state index is 13.3. The fourth-order valence-corrected chi connectivity index (χ4v) is 5.01. The van der Waals surface area contributed by atoms with Crippen molar-refractivity contribution in [3.63, 3.8) is 0 Å². The van der Waals surface area contributed by atoms with Crippen molar-refractivity contribution < 1.29 is 13.5 Å². The van der Waals surface area contributed by atoms with Crippen LogP contribution in [0.25, 0.3) is 6.08 Å². The predicted octanol–water partition coefficient (Wildman–Crippen LogP) is 4.67. The normalized spacial score (nSPS) is 11.9. The molecule has 0 amide bonds. The van der Waals surface area contributed by atoms with Crippen LogP contribution < -0.4 is 4.31 Å². The molecule has 0 saturated carbocycles. The number of hydrogen-bond acceptors (Lipinski definition) is 4. The molecule has 7 heteroatoms. The zero-order valence-electron chi connectivity index (χ0n) is 17.9. The van der Waals surface area contributed by atoms with E-state index in [0.717, 1.165) is 11.1 Å². The Morgan fingerprint density at radius 3 is 2.28 bits per heavy atom. The summed E-state index contributed by atoms with van der Waals surface area (Å²) in [6.45, 7) is 0.935. The summed E-state index contributed by atoms with van der Waals surface area (Å²) in [6, 6.07) is 23.3. The van der Waals surface area contributed by atoms with Gasteiger partial charge in [-0.05, 0) is 48.5 Å². The van der Waals surface area contributed by atoms with Crippen molar-refractivity contribution >= 4 is 33.4 Å². The van der Waals surface area contributed by atoms with Crippen molar-refractivity contribution in [2.24, 2.45) is 0 Å². The smallest absolute Gasteiger partial charge is 0.264 e. The van der Waals surface area contributed by atoms with Gasteiger partial charge < -0.3 is 5.11 Å². The Bertz CT molecular complexity index is 1130. The van der Waals surface area contributed by atoms with E-state index in [0.29, 0.717) is 23.8 Å². The highest BCUT2D eigenvalue weighted by Crippen LogP contribution is 2.27. The number of hydrogen-bond donors (Lipinski definition) is 1. The summed E-state index contributed by atoms with van der Waals surface area (Å²) in [5, 5.41) is 10.3. The van der Waals surface area contributed by atoms with Crippen LogP contribution in [0.15, 0.2) is 89.8 Å². The van der Waals surface area contributed by atoms with E-state index in [-0.39, 0.29) is 18.0 Å². The Balaban J connectivity index is 1.79. The molecule has 32 heavy (non-hydrogen) atoms. The van der Waals surface area contributed by atoms with E-state index in [1.807, 2.05) is 55.6 Å². The van der Waals surface area contributed by atoms with Crippen LogP contribution in [-0.4, -0.2) is 45.2 Å². The molecule has 0 fully saturated rings. The maximum absolute atomic E-state index is 13.3. The molecule has 0 aliphatic carbocycles. The standard InChI is InChI=1S/C25H27ClN2O3S/c1-27(17-7-8-21-13-15-23(26)16-14-21)20-22-9-5-6-12-25(22)28(18-19-29)32(30,31)24-10-3-2-4-11-24/h2-16,29H,17-20H2,1H3. The van der Waals surface area contributed by atoms with E-state index in [9.17, 15) is 13.5 Å². The van der Waals surface area contributed by atoms with E-state index in [1.54, 1.807) is 36.4 Å². The van der Waals surface area contributed by atoms with Gasteiger partial charge in [-0.15, -0.1) is 0 Å². The lowest BCUT2D eigenvalue weighted by molar-refractivity contribution is 0.306. The Hall–Kier alpha value is -2.64. The number of halogens is 1. The van der Waals surface area contributed by atoms with Gasteiger partial charge in [0.25, 0.3) is 10.0 Å². The molecule has 0 heterocycles. The third-order valence-corrected chi connectivity index (χ3v) is 7.01. The fraction of sp³-hybridized carbons (Fsp3) is 0.200. The quantitative estimate of drug-likeness (QED) is 0.467. The minimum Gasteiger partial charge on any atom is -0.394 e. The lowest BCUT2D eigenvalue weighted by Gasteiger charge is -2.27. The Kier molecular flexibility index (Phi) is 8.47. The van der Waals surface area contributed by atoms with E-state index < -0.39 is 10.0 Å². The molecule has 0 spiro atoms. The molecule has 168 valence electrons. The van der Waals surface area contributed by atoms with Crippen molar-refractivity contribution in [3.8, 4) is 0 Å². The SMILES string of the molecule is CN(CC=Cc1ccc(Cl)cc1)Cc1ccccc1N(CCO)S(=O)(=O)c1ccccc1. The van der Waals surface area contributed by atoms with Crippen LogP contribution in [0.5, 0.6) is 0 Å². The first-order valence-electron chi connectivity index (χ1n) is 10.3. The van der Waals surface area contributed by atoms with Crippen molar-refractivity contribution in [2.45, 2.75) is 11.4 Å². The molecule has 0 aliphatic rings. The number of likely N-dealkylation sites (N-methyl/N-ethyl adjacent to an activating group) is 1. The van der Waals surface area contributed by atoms with Gasteiger partial charge in [0.2, 0.25) is 0 Å². The van der Waals surface area contributed by atoms with Gasteiger partial charge in [-0.2, -0.15) is 0 Å². The Morgan fingerprint density at radius 2 is 1.59 bits per heavy atom. The number of nitrogens with zero attached hydrogens (tertiary/aromatic N) is 2. The van der Waals surface area contributed by atoms with Crippen LogP contribution >= 0.6 is 11.6 Å². The van der Waals surface area contributed by atoms with Crippen LogP contribution in [0.3, 0.4) is 0 Å². The molecule has 0 aliphatic heterocycles. The van der Waals surface area contributed by atoms with Crippen LogP contribution in [-0.2, 0) is 16.6 Å². The van der Waals surface area contributed by atoms with Gasteiger partial charge in [-0.3, -0.25) is 9.21 Å². The molecule has 5 nitrogen and oxygen atoms in total. The second kappa shape index (κ2) is 11.3. The number of aliphatic hydroxyl groups excluding tert-OH is 1. The molecule has 0 unspecified atom stereocenters. The third-order valence-electron chi connectivity index (χ3n) is 4.93. The van der Waals surface area contributed by atoms with Gasteiger partial charge in [-0.25, -0.2) is 8.42 Å². The van der Waals surface area contributed by atoms with E-state index >= 15 is 0 Å². The minimum atomic E-state index is -3.80. The van der Waals surface area contributed by atoms with Gasteiger partial charge in [0.1, 0.15) is 0 Å². The average molecular weight is 471 g/mol. The number of benzene rings is 3. The Morgan fingerprint density at radius 1 is 0.938 bits per heavy atom. The molecule has 3 rings (SSSR count). The third kappa shape index (κ3) is 6.20. The second-order valence-electron chi connectivity index (χ2n) is 7.39. The lowest BCUT2D eigenvalue weighted by Crippen LogP contribution is -2.35. The largest absolute Gasteiger partial charge is 0.394 e. The fourth-order valence-electron chi connectivity index (χ4n) is 3.37. The van der Waals surface area contributed by atoms with Crippen LogP contribution in [0.2, 0.25) is 5.02 Å². The highest BCUT2D eigenvalue weighted by atomic mass is 35.5. The zero-order chi connectivity index (χ0) is 23.0. The lowest BCUT2D eigenvalue weighted by atomic mass is 10.1. The van der Waals surface area contributed by atoms with Gasteiger partial charge in [-0.1, -0.05) is 72.3 Å². The summed E-state index contributed by atoms with van der Waals surface area (Å²) in [5.74, 6) is 0. The molecular formula is C25H27ClN2O3S. The van der Waals surface area contributed by atoms with Crippen LogP contribution in [0.4, 0.5) is 5.69 Å². The minimum absolute atomic E-state index is 0.0194. The summed E-state index contributed by atoms with van der Waals surface area (Å²) >= 11 is 5.93. The number of para-hydroxylation sites is 1. The van der Waals surface area contributed by atoms with Gasteiger partial charge in [0, 0.05) is 18.1 Å². The molecule has 3 aromatic carbocycles. The summed E-state index contributed by atoms with van der Waals surface area (Å²) in [5.41, 5.74) is 2.49. The second-order valence-corrected chi connectivity index (χ2v) is 9.69. The van der Waals surface area contributed by atoms with E-state index in [1.165, 1.54) is 4.31 Å². The summed E-state index contributed by atoms with van der Waals surface area (Å²) in [4.78, 5) is 2.29. The average Bonchev–Trinajstić information content (AvgIpc) is 2.80. The highest BCUT2D eigenvalue weighted by molar-refractivity contribution is 7.92. The van der Waals surface area contributed by atoms with Crippen molar-refractivity contribution in [2.75, 3.05) is 31.0 Å². The molecule has 0 atom stereocenters. The molecule has 0 aromatic heterocycles. The predicted molar refractivity (Wildman–Crippen MR) is 131 cm³/mol. The first-order chi connectivity index (χ1) is 15.4. The molecule has 3 aromatic rings. The zero-order valence-corrected chi connectivity index (χ0v) is 19.5. The van der Waals surface area contributed by atoms with E-state index in [2.05, 4.69) is 11.0 Å². The van der Waals surface area contributed by atoms with Crippen molar-refractivity contribution in [3.05, 3.63) is 101 Å². The topological polar surface area (TPSA) is 60.9 Å². The van der Waals surface area contributed by atoms with Crippen molar-refractivity contribution in [1.29, 1.82) is 0 Å². The monoisotopic (exact) mass is 470 g/mol. The van der Waals surface area contributed by atoms with Gasteiger partial charge >= 0.3 is 0 Å². The number of rotatable bonds is 10. The molecule has 1 N–H and O–H groups in total. The molecule has 0 bridgehead atoms. The first-order valence-corrected chi connectivity index (χ1v) is 12.1. The number of sulfonamides is 1. The highest BCUT2D eigenvalue weighted by Gasteiger charge is 2.26. The molecular weight excluding hydrogens is 444 g/mol. The number of anilines is 1. The maximum Gasteiger partial charge on any atom is 0.264 e. The summed E-state index contributed by atoms with van der Waals surface area (Å²) in [6.07, 6.45) is 4.08. The van der Waals surface area contributed by atoms with E-state index in [4.69, 9.17) is 11.6 Å². The van der Waals surface area contributed by atoms with Crippen LogP contribution in [0.1, 0.15) is 11.1 Å². The van der Waals surface area contributed by atoms with Crippen molar-refractivity contribution in [1.82, 2.24) is 4.90 Å². The summed E-state index contributed by atoms with van der Waals surface area (Å²) < 4.78 is 27.9. The van der Waals surface area contributed by atoms with Gasteiger partial charge in [0.05, 0.1) is 23.7 Å². The van der Waals surface area contributed by atoms with Gasteiger partial charge in [0.15, 0.2) is 0 Å². The molecule has 0 radical (unpaired) electrons. The first kappa shape index (κ1) is 24.0. The number of aliphatic hydroxyl groups is 1.